The van der Waals surface area contributed by atoms with Gasteiger partial charge in [0.25, 0.3) is 0 Å². The smallest absolute Gasteiger partial charge is 0.336 e. The molecule has 1 heterocycles. The molecule has 0 radical (unpaired) electrons. The van der Waals surface area contributed by atoms with Crippen LogP contribution in [0.2, 0.25) is 0 Å². The molecule has 4 heteroatoms. The molecule has 1 atom stereocenters. The molecule has 0 saturated heterocycles. The van der Waals surface area contributed by atoms with Crippen molar-refractivity contribution in [3.63, 3.8) is 0 Å². The first-order valence-corrected chi connectivity index (χ1v) is 7.26. The van der Waals surface area contributed by atoms with Gasteiger partial charge in [-0.1, -0.05) is 36.4 Å². The van der Waals surface area contributed by atoms with Crippen molar-refractivity contribution >= 4 is 29.8 Å². The maximum Gasteiger partial charge on any atom is 0.507 e. The summed E-state index contributed by atoms with van der Waals surface area (Å²) >= 11 is 0. The molecule has 1 aromatic heterocycles. The minimum atomic E-state index is -2.09. The zero-order chi connectivity index (χ0) is 12.5. The van der Waals surface area contributed by atoms with Crippen LogP contribution in [-0.4, -0.2) is 15.6 Å². The van der Waals surface area contributed by atoms with Crippen LogP contribution in [0.1, 0.15) is 0 Å². The highest BCUT2D eigenvalue weighted by molar-refractivity contribution is 7.37. The molecule has 18 heavy (non-hydrogen) atoms. The van der Waals surface area contributed by atoms with Crippen LogP contribution >= 0.6 is 8.03 Å². The Labute approximate surface area is 106 Å². The lowest BCUT2D eigenvalue weighted by Gasteiger charge is -2.02. The molecule has 0 aliphatic carbocycles. The predicted octanol–water partition coefficient (Wildman–Crippen LogP) is 3.53. The molecule has 0 aliphatic rings. The van der Waals surface area contributed by atoms with Crippen LogP contribution in [0.5, 0.6) is 0 Å². The molecule has 0 amide bonds. The zero-order valence-electron chi connectivity index (χ0n) is 9.78. The summed E-state index contributed by atoms with van der Waals surface area (Å²) in [5, 5.41) is 2.39. The Hall–Kier alpha value is -1.70. The van der Waals surface area contributed by atoms with E-state index in [2.05, 4.69) is 28.8 Å². The van der Waals surface area contributed by atoms with Gasteiger partial charge in [0.1, 0.15) is 0 Å². The largest absolute Gasteiger partial charge is 0.507 e. The average molecular weight is 258 g/mol. The van der Waals surface area contributed by atoms with Crippen molar-refractivity contribution in [2.45, 2.75) is 6.54 Å². The molecule has 0 fully saturated rings. The summed E-state index contributed by atoms with van der Waals surface area (Å²) in [6.45, 7) is 0.569. The lowest BCUT2D eigenvalue weighted by atomic mass is 10.2. The number of para-hydroxylation sites is 2. The number of hydrogen-bond donors (Lipinski definition) is 1. The molecule has 3 nitrogen and oxygen atoms in total. The quantitative estimate of drug-likeness (QED) is 0.730. The maximum atomic E-state index is 10.9. The van der Waals surface area contributed by atoms with Gasteiger partial charge in [-0.05, 0) is 16.7 Å². The van der Waals surface area contributed by atoms with E-state index in [9.17, 15) is 4.57 Å². The van der Waals surface area contributed by atoms with Crippen LogP contribution in [0, 0.1) is 0 Å². The predicted molar refractivity (Wildman–Crippen MR) is 74.1 cm³/mol. The first kappa shape index (κ1) is 11.4. The molecule has 2 aromatic carbocycles. The monoisotopic (exact) mass is 258 g/mol. The molecule has 3 aromatic rings. The van der Waals surface area contributed by atoms with Gasteiger partial charge in [-0.3, -0.25) is 0 Å². The van der Waals surface area contributed by atoms with Crippen LogP contribution in [0.25, 0.3) is 21.8 Å². The Bertz CT molecular complexity index is 680. The SMILES string of the molecule is O=[P+](O)CCn1c2ccccc2c2ccccc21. The fourth-order valence-electron chi connectivity index (χ4n) is 2.43. The molecule has 0 saturated carbocycles. The molecule has 3 rings (SSSR count). The molecule has 1 unspecified atom stereocenters. The van der Waals surface area contributed by atoms with Crippen molar-refractivity contribution in [1.29, 1.82) is 0 Å². The summed E-state index contributed by atoms with van der Waals surface area (Å²) in [6, 6.07) is 16.3. The van der Waals surface area contributed by atoms with Crippen molar-refractivity contribution in [3.8, 4) is 0 Å². The summed E-state index contributed by atoms with van der Waals surface area (Å²) in [6.07, 6.45) is 0.290. The van der Waals surface area contributed by atoms with Crippen molar-refractivity contribution < 1.29 is 9.46 Å². The Balaban J connectivity index is 2.27. The van der Waals surface area contributed by atoms with E-state index >= 15 is 0 Å². The van der Waals surface area contributed by atoms with Crippen LogP contribution in [-0.2, 0) is 11.1 Å². The summed E-state index contributed by atoms with van der Waals surface area (Å²) in [5.74, 6) is 0. The van der Waals surface area contributed by atoms with Gasteiger partial charge >= 0.3 is 8.03 Å². The number of aryl methyl sites for hydroxylation is 1. The minimum absolute atomic E-state index is 0.290. The third-order valence-corrected chi connectivity index (χ3v) is 3.78. The van der Waals surface area contributed by atoms with Gasteiger partial charge in [0.2, 0.25) is 0 Å². The van der Waals surface area contributed by atoms with Crippen LogP contribution < -0.4 is 0 Å². The van der Waals surface area contributed by atoms with E-state index in [1.807, 2.05) is 24.3 Å². The van der Waals surface area contributed by atoms with E-state index in [1.165, 1.54) is 10.8 Å². The second-order valence-electron chi connectivity index (χ2n) is 4.26. The second-order valence-corrected chi connectivity index (χ2v) is 5.41. The second kappa shape index (κ2) is 4.52. The van der Waals surface area contributed by atoms with Gasteiger partial charge in [0.15, 0.2) is 6.16 Å². The van der Waals surface area contributed by atoms with Gasteiger partial charge in [-0.15, -0.1) is 0 Å². The summed E-state index contributed by atoms with van der Waals surface area (Å²) in [5.41, 5.74) is 2.24. The first-order valence-electron chi connectivity index (χ1n) is 5.87. The Morgan fingerprint density at radius 1 is 0.944 bits per heavy atom. The van der Waals surface area contributed by atoms with Crippen molar-refractivity contribution in [1.82, 2.24) is 4.57 Å². The topological polar surface area (TPSA) is 42.2 Å². The number of aromatic nitrogens is 1. The minimum Gasteiger partial charge on any atom is -0.336 e. The van der Waals surface area contributed by atoms with Gasteiger partial charge in [0.05, 0.1) is 6.54 Å². The Kier molecular flexibility index (Phi) is 2.86. The summed E-state index contributed by atoms with van der Waals surface area (Å²) in [7, 11) is -2.09. The first-order chi connectivity index (χ1) is 8.77. The van der Waals surface area contributed by atoms with E-state index < -0.39 is 8.03 Å². The van der Waals surface area contributed by atoms with E-state index in [0.717, 1.165) is 11.0 Å². The highest BCUT2D eigenvalue weighted by atomic mass is 31.1. The Morgan fingerprint density at radius 3 is 1.94 bits per heavy atom. The number of rotatable bonds is 3. The third kappa shape index (κ3) is 1.82. The van der Waals surface area contributed by atoms with Crippen LogP contribution in [0.3, 0.4) is 0 Å². The Morgan fingerprint density at radius 2 is 1.44 bits per heavy atom. The van der Waals surface area contributed by atoms with E-state index in [4.69, 9.17) is 4.89 Å². The third-order valence-electron chi connectivity index (χ3n) is 3.19. The van der Waals surface area contributed by atoms with Gasteiger partial charge in [-0.2, -0.15) is 4.89 Å². The fraction of sp³-hybridized carbons (Fsp3) is 0.143. The molecule has 0 spiro atoms. The number of nitrogens with zero attached hydrogens (tertiary/aromatic N) is 1. The van der Waals surface area contributed by atoms with Crippen LogP contribution in [0.4, 0.5) is 0 Å². The summed E-state index contributed by atoms with van der Waals surface area (Å²) in [4.78, 5) is 8.99. The fourth-order valence-corrected chi connectivity index (χ4v) is 2.80. The van der Waals surface area contributed by atoms with Crippen molar-refractivity contribution in [2.75, 3.05) is 6.16 Å². The standard InChI is InChI=1S/C14H12NO2P/c16-18(17)10-9-15-13-7-3-1-5-11(13)12-6-2-4-8-14(12)15/h1-8H,9-10H2/p+1. The summed E-state index contributed by atoms with van der Waals surface area (Å²) < 4.78 is 13.0. The molecule has 90 valence electrons. The molecule has 1 N–H and O–H groups in total. The van der Waals surface area contributed by atoms with Gasteiger partial charge < -0.3 is 4.57 Å². The van der Waals surface area contributed by atoms with Crippen molar-refractivity contribution in [3.05, 3.63) is 48.5 Å². The molecule has 0 bridgehead atoms. The van der Waals surface area contributed by atoms with Gasteiger partial charge in [0, 0.05) is 21.8 Å². The number of benzene rings is 2. The lowest BCUT2D eigenvalue weighted by molar-refractivity contribution is 0.499. The van der Waals surface area contributed by atoms with Crippen LogP contribution in [0.15, 0.2) is 48.5 Å². The van der Waals surface area contributed by atoms with E-state index in [1.54, 1.807) is 0 Å². The normalized spacial score (nSPS) is 12.2. The lowest BCUT2D eigenvalue weighted by Crippen LogP contribution is -1.99. The highest BCUT2D eigenvalue weighted by Gasteiger charge is 2.14. The molecular formula is C14H13NO2P+. The average Bonchev–Trinajstić information content (AvgIpc) is 2.71. The van der Waals surface area contributed by atoms with Crippen molar-refractivity contribution in [2.24, 2.45) is 0 Å². The highest BCUT2D eigenvalue weighted by Crippen LogP contribution is 2.29. The van der Waals surface area contributed by atoms with E-state index in [-0.39, 0.29) is 6.16 Å². The molecule has 0 aliphatic heterocycles. The maximum absolute atomic E-state index is 10.9. The number of hydrogen-bond acceptors (Lipinski definition) is 1. The zero-order valence-corrected chi connectivity index (χ0v) is 10.7. The number of fused-ring (bicyclic) bond motifs is 3. The van der Waals surface area contributed by atoms with Gasteiger partial charge in [-0.25, -0.2) is 0 Å². The molecular weight excluding hydrogens is 245 g/mol. The van der Waals surface area contributed by atoms with E-state index in [0.29, 0.717) is 6.54 Å².